The highest BCUT2D eigenvalue weighted by Gasteiger charge is 2.15. The maximum Gasteiger partial charge on any atom is 0.0725 e. The van der Waals surface area contributed by atoms with Crippen molar-refractivity contribution in [2.24, 2.45) is 0 Å². The van der Waals surface area contributed by atoms with E-state index in [0.29, 0.717) is 4.83 Å². The van der Waals surface area contributed by atoms with Crippen molar-refractivity contribution in [1.82, 2.24) is 0 Å². The Balaban J connectivity index is 1.79. The molecule has 1 aromatic carbocycles. The molecule has 0 radical (unpaired) electrons. The second-order valence-electron chi connectivity index (χ2n) is 4.32. The fourth-order valence-corrected chi connectivity index (χ4v) is 3.46. The van der Waals surface area contributed by atoms with E-state index in [1.807, 2.05) is 0 Å². The van der Waals surface area contributed by atoms with Crippen LogP contribution in [0.15, 0.2) is 35.0 Å². The third kappa shape index (κ3) is 2.46. The lowest BCUT2D eigenvalue weighted by Gasteiger charge is -2.10. The Hall–Kier alpha value is -0.640. The van der Waals surface area contributed by atoms with Gasteiger partial charge in [-0.15, -0.1) is 0 Å². The van der Waals surface area contributed by atoms with Crippen molar-refractivity contribution in [3.63, 3.8) is 0 Å². The molecule has 0 aliphatic carbocycles. The first-order valence-corrected chi connectivity index (χ1v) is 7.53. The zero-order chi connectivity index (χ0) is 11.7. The van der Waals surface area contributed by atoms with Crippen LogP contribution in [-0.2, 0) is 24.4 Å². The first kappa shape index (κ1) is 11.5. The molecular formula is C14H13BrOS. The highest BCUT2D eigenvalue weighted by Crippen LogP contribution is 2.31. The number of rotatable bonds is 3. The fraction of sp³-hybridized carbons (Fsp3) is 0.286. The Morgan fingerprint density at radius 2 is 2.12 bits per heavy atom. The summed E-state index contributed by atoms with van der Waals surface area (Å²) in [6, 6.07) is 8.86. The number of hydrogen-bond donors (Lipinski definition) is 0. The van der Waals surface area contributed by atoms with Crippen LogP contribution in [0.3, 0.4) is 0 Å². The van der Waals surface area contributed by atoms with E-state index >= 15 is 0 Å². The summed E-state index contributed by atoms with van der Waals surface area (Å²) < 4.78 is 5.44. The van der Waals surface area contributed by atoms with Gasteiger partial charge < -0.3 is 4.74 Å². The standard InChI is InChI=1S/C14H13BrOS/c15-14(5-10-3-4-17-9-10)11-1-2-12-7-16-8-13(12)6-11/h1-4,6,9,14H,5,7-8H2. The average molecular weight is 309 g/mol. The van der Waals surface area contributed by atoms with Gasteiger partial charge in [0.05, 0.1) is 13.2 Å². The van der Waals surface area contributed by atoms with Crippen molar-refractivity contribution in [1.29, 1.82) is 0 Å². The van der Waals surface area contributed by atoms with Gasteiger partial charge >= 0.3 is 0 Å². The van der Waals surface area contributed by atoms with Crippen molar-refractivity contribution in [3.8, 4) is 0 Å². The molecule has 0 bridgehead atoms. The van der Waals surface area contributed by atoms with Crippen LogP contribution in [0.4, 0.5) is 0 Å². The van der Waals surface area contributed by atoms with Gasteiger partial charge in [-0.3, -0.25) is 0 Å². The molecule has 0 N–H and O–H groups in total. The summed E-state index contributed by atoms with van der Waals surface area (Å²) in [5, 5.41) is 4.34. The summed E-state index contributed by atoms with van der Waals surface area (Å²) in [5.41, 5.74) is 5.43. The number of thiophene rings is 1. The number of alkyl halides is 1. The summed E-state index contributed by atoms with van der Waals surface area (Å²) in [6.07, 6.45) is 1.04. The molecule has 3 rings (SSSR count). The van der Waals surface area contributed by atoms with E-state index in [4.69, 9.17) is 4.74 Å². The van der Waals surface area contributed by atoms with Crippen molar-refractivity contribution >= 4 is 27.3 Å². The van der Waals surface area contributed by atoms with Crippen LogP contribution >= 0.6 is 27.3 Å². The quantitative estimate of drug-likeness (QED) is 0.761. The number of benzene rings is 1. The van der Waals surface area contributed by atoms with E-state index in [9.17, 15) is 0 Å². The van der Waals surface area contributed by atoms with Crippen molar-refractivity contribution in [2.75, 3.05) is 0 Å². The SMILES string of the molecule is BrC(Cc1ccsc1)c1ccc2c(c1)COC2. The number of ether oxygens (including phenoxy) is 1. The molecule has 1 aromatic heterocycles. The largest absolute Gasteiger partial charge is 0.372 e. The van der Waals surface area contributed by atoms with Crippen molar-refractivity contribution in [3.05, 3.63) is 57.3 Å². The molecule has 88 valence electrons. The molecule has 2 heterocycles. The Morgan fingerprint density at radius 1 is 1.24 bits per heavy atom. The third-order valence-electron chi connectivity index (χ3n) is 3.10. The Labute approximate surface area is 114 Å². The molecular weight excluding hydrogens is 296 g/mol. The Kier molecular flexibility index (Phi) is 3.32. The first-order valence-electron chi connectivity index (χ1n) is 5.67. The highest BCUT2D eigenvalue weighted by molar-refractivity contribution is 9.09. The van der Waals surface area contributed by atoms with Crippen molar-refractivity contribution in [2.45, 2.75) is 24.5 Å². The summed E-state index contributed by atoms with van der Waals surface area (Å²) in [6.45, 7) is 1.54. The van der Waals surface area contributed by atoms with Gasteiger partial charge in [0.15, 0.2) is 0 Å². The molecule has 1 aliphatic rings. The summed E-state index contributed by atoms with van der Waals surface area (Å²) in [7, 11) is 0. The number of hydrogen-bond acceptors (Lipinski definition) is 2. The van der Waals surface area contributed by atoms with Gasteiger partial charge in [0.2, 0.25) is 0 Å². The van der Waals surface area contributed by atoms with E-state index in [1.54, 1.807) is 11.3 Å². The van der Waals surface area contributed by atoms with Gasteiger partial charge in [-0.05, 0) is 45.5 Å². The summed E-state index contributed by atoms with van der Waals surface area (Å²) >= 11 is 5.54. The third-order valence-corrected chi connectivity index (χ3v) is 4.69. The molecule has 1 aliphatic heterocycles. The molecule has 1 atom stereocenters. The lowest BCUT2D eigenvalue weighted by atomic mass is 10.0. The maximum absolute atomic E-state index is 5.44. The van der Waals surface area contributed by atoms with Crippen molar-refractivity contribution < 1.29 is 4.74 Å². The molecule has 1 nitrogen and oxygen atoms in total. The average Bonchev–Trinajstić information content (AvgIpc) is 2.97. The molecule has 0 saturated carbocycles. The van der Waals surface area contributed by atoms with Gasteiger partial charge in [-0.25, -0.2) is 0 Å². The lowest BCUT2D eigenvalue weighted by Crippen LogP contribution is -1.96. The molecule has 2 aromatic rings. The molecule has 0 fully saturated rings. The van der Waals surface area contributed by atoms with E-state index in [0.717, 1.165) is 19.6 Å². The predicted octanol–water partition coefficient (Wildman–Crippen LogP) is 4.46. The van der Waals surface area contributed by atoms with E-state index < -0.39 is 0 Å². The van der Waals surface area contributed by atoms with Crippen LogP contribution < -0.4 is 0 Å². The van der Waals surface area contributed by atoms with Gasteiger partial charge in [0.25, 0.3) is 0 Å². The van der Waals surface area contributed by atoms with Gasteiger partial charge in [-0.2, -0.15) is 11.3 Å². The van der Waals surface area contributed by atoms with Gasteiger partial charge in [0, 0.05) is 4.83 Å². The molecule has 3 heteroatoms. The lowest BCUT2D eigenvalue weighted by molar-refractivity contribution is 0.134. The minimum absolute atomic E-state index is 0.392. The van der Waals surface area contributed by atoms with Crippen LogP contribution in [0.2, 0.25) is 0 Å². The minimum atomic E-state index is 0.392. The summed E-state index contributed by atoms with van der Waals surface area (Å²) in [4.78, 5) is 0.392. The van der Waals surface area contributed by atoms with Crippen LogP contribution in [0.5, 0.6) is 0 Å². The predicted molar refractivity (Wildman–Crippen MR) is 74.6 cm³/mol. The highest BCUT2D eigenvalue weighted by atomic mass is 79.9. The maximum atomic E-state index is 5.44. The Morgan fingerprint density at radius 3 is 2.94 bits per heavy atom. The van der Waals surface area contributed by atoms with Crippen LogP contribution in [0.1, 0.15) is 27.1 Å². The molecule has 0 spiro atoms. The van der Waals surface area contributed by atoms with Crippen LogP contribution in [0.25, 0.3) is 0 Å². The zero-order valence-electron chi connectivity index (χ0n) is 9.36. The van der Waals surface area contributed by atoms with Gasteiger partial charge in [0.1, 0.15) is 0 Å². The van der Waals surface area contributed by atoms with E-state index in [1.165, 1.54) is 22.3 Å². The number of fused-ring (bicyclic) bond motifs is 1. The molecule has 1 unspecified atom stereocenters. The second-order valence-corrected chi connectivity index (χ2v) is 6.21. The number of halogens is 1. The summed E-state index contributed by atoms with van der Waals surface area (Å²) in [5.74, 6) is 0. The fourth-order valence-electron chi connectivity index (χ4n) is 2.12. The van der Waals surface area contributed by atoms with E-state index in [2.05, 4.69) is 51.0 Å². The zero-order valence-corrected chi connectivity index (χ0v) is 11.8. The van der Waals surface area contributed by atoms with E-state index in [-0.39, 0.29) is 0 Å². The van der Waals surface area contributed by atoms with Crippen LogP contribution in [-0.4, -0.2) is 0 Å². The molecule has 0 amide bonds. The molecule has 17 heavy (non-hydrogen) atoms. The normalized spacial score (nSPS) is 15.8. The first-order chi connectivity index (χ1) is 8.33. The second kappa shape index (κ2) is 4.92. The monoisotopic (exact) mass is 308 g/mol. The van der Waals surface area contributed by atoms with Crippen LogP contribution in [0, 0.1) is 0 Å². The topological polar surface area (TPSA) is 9.23 Å². The van der Waals surface area contributed by atoms with Gasteiger partial charge in [-0.1, -0.05) is 34.1 Å². The smallest absolute Gasteiger partial charge is 0.0725 e. The Bertz CT molecular complexity index is 507. The minimum Gasteiger partial charge on any atom is -0.372 e. The molecule has 0 saturated heterocycles.